The molecule has 100 valence electrons. The molecule has 0 aromatic rings. The smallest absolute Gasteiger partial charge is 0.0153 e. The molecule has 1 aliphatic heterocycles. The summed E-state index contributed by atoms with van der Waals surface area (Å²) in [5, 5.41) is 0. The van der Waals surface area contributed by atoms with Crippen LogP contribution in [0.1, 0.15) is 65.7 Å². The van der Waals surface area contributed by atoms with E-state index in [2.05, 4.69) is 25.7 Å². The first-order valence-electron chi connectivity index (χ1n) is 7.51. The summed E-state index contributed by atoms with van der Waals surface area (Å²) >= 11 is 0. The Balaban J connectivity index is 1.71. The van der Waals surface area contributed by atoms with E-state index in [1.807, 2.05) is 0 Å². The lowest BCUT2D eigenvalue weighted by Gasteiger charge is -2.63. The van der Waals surface area contributed by atoms with Crippen LogP contribution in [0.25, 0.3) is 0 Å². The van der Waals surface area contributed by atoms with Crippen molar-refractivity contribution in [1.82, 2.24) is 4.90 Å². The number of rotatable bonds is 6. The minimum atomic E-state index is 0.397. The van der Waals surface area contributed by atoms with Crippen LogP contribution >= 0.6 is 0 Å². The first-order chi connectivity index (χ1) is 8.00. The molecule has 0 amide bonds. The van der Waals surface area contributed by atoms with Gasteiger partial charge in [0, 0.05) is 30.1 Å². The van der Waals surface area contributed by atoms with E-state index in [1.165, 1.54) is 58.0 Å². The van der Waals surface area contributed by atoms with Crippen molar-refractivity contribution in [2.45, 2.75) is 77.3 Å². The van der Waals surface area contributed by atoms with Crippen LogP contribution in [0.3, 0.4) is 0 Å². The van der Waals surface area contributed by atoms with Crippen molar-refractivity contribution < 1.29 is 0 Å². The third kappa shape index (κ3) is 2.53. The first-order valence-corrected chi connectivity index (χ1v) is 7.51. The van der Waals surface area contributed by atoms with E-state index in [9.17, 15) is 0 Å². The van der Waals surface area contributed by atoms with Gasteiger partial charge in [-0.25, -0.2) is 0 Å². The Bertz CT molecular complexity index is 254. The molecule has 2 heteroatoms. The molecule has 0 aromatic carbocycles. The average molecular weight is 238 g/mol. The molecule has 1 atom stereocenters. The molecule has 2 N–H and O–H groups in total. The molecular formula is C15H30N2. The monoisotopic (exact) mass is 238 g/mol. The zero-order valence-electron chi connectivity index (χ0n) is 12.0. The van der Waals surface area contributed by atoms with E-state index >= 15 is 0 Å². The highest BCUT2D eigenvalue weighted by Crippen LogP contribution is 2.50. The van der Waals surface area contributed by atoms with Crippen molar-refractivity contribution in [1.29, 1.82) is 0 Å². The van der Waals surface area contributed by atoms with Crippen molar-refractivity contribution in [3.05, 3.63) is 0 Å². The second kappa shape index (κ2) is 4.89. The molecule has 1 heterocycles. The quantitative estimate of drug-likeness (QED) is 0.720. The van der Waals surface area contributed by atoms with Gasteiger partial charge in [0.25, 0.3) is 0 Å². The summed E-state index contributed by atoms with van der Waals surface area (Å²) in [6.45, 7) is 9.62. The summed E-state index contributed by atoms with van der Waals surface area (Å²) in [4.78, 5) is 2.66. The summed E-state index contributed by atoms with van der Waals surface area (Å²) in [5.41, 5.74) is 7.06. The van der Waals surface area contributed by atoms with Crippen molar-refractivity contribution in [3.63, 3.8) is 0 Å². The minimum absolute atomic E-state index is 0.397. The number of nitrogens with two attached hydrogens (primary N) is 1. The molecule has 1 aliphatic carbocycles. The highest BCUT2D eigenvalue weighted by molar-refractivity contribution is 5.11. The van der Waals surface area contributed by atoms with Crippen LogP contribution in [0, 0.1) is 5.41 Å². The Morgan fingerprint density at radius 2 is 1.94 bits per heavy atom. The Hall–Kier alpha value is -0.0800. The second-order valence-corrected chi connectivity index (χ2v) is 6.99. The lowest BCUT2D eigenvalue weighted by atomic mass is 9.59. The number of nitrogens with zero attached hydrogens (tertiary/aromatic N) is 1. The van der Waals surface area contributed by atoms with E-state index in [0.717, 1.165) is 0 Å². The molecule has 1 saturated carbocycles. The van der Waals surface area contributed by atoms with E-state index < -0.39 is 0 Å². The van der Waals surface area contributed by atoms with E-state index in [-0.39, 0.29) is 0 Å². The standard InChI is InChI=1S/C15H30N2/c1-4-5-6-7-9-14(2,3)17-11-15(12-17)10-8-13(15)16/h13H,4-12,16H2,1-3H3. The second-order valence-electron chi connectivity index (χ2n) is 6.99. The summed E-state index contributed by atoms with van der Waals surface area (Å²) < 4.78 is 0. The van der Waals surface area contributed by atoms with Gasteiger partial charge in [0.15, 0.2) is 0 Å². The summed E-state index contributed by atoms with van der Waals surface area (Å²) in [6, 6.07) is 0.495. The predicted molar refractivity (Wildman–Crippen MR) is 74.1 cm³/mol. The fourth-order valence-electron chi connectivity index (χ4n) is 3.40. The van der Waals surface area contributed by atoms with Crippen molar-refractivity contribution >= 4 is 0 Å². The molecule has 2 aliphatic rings. The Morgan fingerprint density at radius 3 is 2.41 bits per heavy atom. The molecule has 1 saturated heterocycles. The zero-order valence-corrected chi connectivity index (χ0v) is 12.0. The van der Waals surface area contributed by atoms with Crippen molar-refractivity contribution in [2.75, 3.05) is 13.1 Å². The summed E-state index contributed by atoms with van der Waals surface area (Å²) in [5.74, 6) is 0. The van der Waals surface area contributed by atoms with Crippen molar-refractivity contribution in [3.8, 4) is 0 Å². The molecule has 1 spiro atoms. The van der Waals surface area contributed by atoms with Gasteiger partial charge in [-0.3, -0.25) is 4.90 Å². The first kappa shape index (κ1) is 13.4. The fraction of sp³-hybridized carbons (Fsp3) is 1.00. The number of likely N-dealkylation sites (tertiary alicyclic amines) is 1. The predicted octanol–water partition coefficient (Wildman–Crippen LogP) is 3.16. The van der Waals surface area contributed by atoms with Crippen LogP contribution in [0.5, 0.6) is 0 Å². The van der Waals surface area contributed by atoms with E-state index in [4.69, 9.17) is 5.73 Å². The zero-order chi connectivity index (χ0) is 12.5. The lowest BCUT2D eigenvalue weighted by Crippen LogP contribution is -2.72. The summed E-state index contributed by atoms with van der Waals surface area (Å²) in [7, 11) is 0. The largest absolute Gasteiger partial charge is 0.327 e. The number of hydrogen-bond donors (Lipinski definition) is 1. The van der Waals surface area contributed by atoms with Crippen LogP contribution in [0.15, 0.2) is 0 Å². The Labute approximate surface area is 107 Å². The van der Waals surface area contributed by atoms with Crippen molar-refractivity contribution in [2.24, 2.45) is 11.1 Å². The van der Waals surface area contributed by atoms with Crippen LogP contribution in [-0.2, 0) is 0 Å². The molecule has 2 nitrogen and oxygen atoms in total. The lowest BCUT2D eigenvalue weighted by molar-refractivity contribution is -0.124. The Kier molecular flexibility index (Phi) is 3.84. The maximum Gasteiger partial charge on any atom is 0.0153 e. The normalized spacial score (nSPS) is 27.9. The highest BCUT2D eigenvalue weighted by Gasteiger charge is 2.55. The van der Waals surface area contributed by atoms with E-state index in [1.54, 1.807) is 0 Å². The van der Waals surface area contributed by atoms with Gasteiger partial charge in [0.05, 0.1) is 0 Å². The fourth-order valence-corrected chi connectivity index (χ4v) is 3.40. The number of hydrogen-bond acceptors (Lipinski definition) is 2. The van der Waals surface area contributed by atoms with Gasteiger partial charge in [-0.05, 0) is 33.1 Å². The average Bonchev–Trinajstić information content (AvgIpc) is 2.20. The summed E-state index contributed by atoms with van der Waals surface area (Å²) in [6.07, 6.45) is 9.49. The molecular weight excluding hydrogens is 208 g/mol. The maximum atomic E-state index is 6.14. The molecule has 0 aromatic heterocycles. The minimum Gasteiger partial charge on any atom is -0.327 e. The molecule has 2 rings (SSSR count). The maximum absolute atomic E-state index is 6.14. The van der Waals surface area contributed by atoms with Gasteiger partial charge in [-0.2, -0.15) is 0 Å². The van der Waals surface area contributed by atoms with Crippen LogP contribution in [0.4, 0.5) is 0 Å². The van der Waals surface area contributed by atoms with Crippen LogP contribution < -0.4 is 5.73 Å². The van der Waals surface area contributed by atoms with E-state index in [0.29, 0.717) is 17.0 Å². The third-order valence-corrected chi connectivity index (χ3v) is 5.25. The SMILES string of the molecule is CCCCCCC(C)(C)N1CC2(CCC2N)C1. The van der Waals surface area contributed by atoms with Crippen LogP contribution in [-0.4, -0.2) is 29.6 Å². The number of unbranched alkanes of at least 4 members (excludes halogenated alkanes) is 3. The van der Waals surface area contributed by atoms with Gasteiger partial charge in [0.1, 0.15) is 0 Å². The molecule has 0 bridgehead atoms. The van der Waals surface area contributed by atoms with Gasteiger partial charge in [-0.15, -0.1) is 0 Å². The topological polar surface area (TPSA) is 29.3 Å². The van der Waals surface area contributed by atoms with Gasteiger partial charge in [0.2, 0.25) is 0 Å². The van der Waals surface area contributed by atoms with Gasteiger partial charge in [-0.1, -0.05) is 32.6 Å². The molecule has 17 heavy (non-hydrogen) atoms. The molecule has 0 radical (unpaired) electrons. The van der Waals surface area contributed by atoms with Gasteiger partial charge >= 0.3 is 0 Å². The highest BCUT2D eigenvalue weighted by atomic mass is 15.3. The molecule has 1 unspecified atom stereocenters. The van der Waals surface area contributed by atoms with Crippen LogP contribution in [0.2, 0.25) is 0 Å². The third-order valence-electron chi connectivity index (χ3n) is 5.25. The van der Waals surface area contributed by atoms with Gasteiger partial charge < -0.3 is 5.73 Å². The Morgan fingerprint density at radius 1 is 1.24 bits per heavy atom. The molecule has 2 fully saturated rings.